The average molecular weight is 525 g/mol. The summed E-state index contributed by atoms with van der Waals surface area (Å²) in [6.45, 7) is 3.46. The van der Waals surface area contributed by atoms with Crippen molar-refractivity contribution in [1.82, 2.24) is 0 Å². The maximum Gasteiger partial charge on any atom is 0.348 e. The molecule has 0 aliphatic carbocycles. The van der Waals surface area contributed by atoms with Gasteiger partial charge in [-0.25, -0.2) is 13.2 Å². The van der Waals surface area contributed by atoms with Gasteiger partial charge in [-0.05, 0) is 85.0 Å². The summed E-state index contributed by atoms with van der Waals surface area (Å²) < 4.78 is 39.3. The van der Waals surface area contributed by atoms with E-state index in [1.807, 2.05) is 32.0 Å². The lowest BCUT2D eigenvalue weighted by Gasteiger charge is -2.12. The second kappa shape index (κ2) is 10.4. The van der Waals surface area contributed by atoms with E-state index in [9.17, 15) is 18.0 Å². The van der Waals surface area contributed by atoms with Crippen molar-refractivity contribution in [3.8, 4) is 5.75 Å². The average Bonchev–Trinajstić information content (AvgIpc) is 3.28. The minimum absolute atomic E-state index is 0.0793. The summed E-state index contributed by atoms with van der Waals surface area (Å²) in [5.74, 6) is -0.437. The van der Waals surface area contributed by atoms with Gasteiger partial charge < -0.3 is 14.8 Å². The lowest BCUT2D eigenvalue weighted by molar-refractivity contribution is -0.118. The van der Waals surface area contributed by atoms with Gasteiger partial charge in [0.2, 0.25) is 0 Å². The number of carbonyl (C=O) groups is 2. The fourth-order valence-corrected chi connectivity index (χ4v) is 5.52. The van der Waals surface area contributed by atoms with E-state index in [0.29, 0.717) is 22.0 Å². The fourth-order valence-electron chi connectivity index (χ4n) is 3.43. The molecule has 0 radical (unpaired) electrons. The molecule has 4 rings (SSSR count). The zero-order valence-electron chi connectivity index (χ0n) is 19.8. The number of hydrogen-bond acceptors (Lipinski definition) is 7. The normalized spacial score (nSPS) is 11.2. The van der Waals surface area contributed by atoms with Crippen molar-refractivity contribution in [1.29, 1.82) is 0 Å². The molecule has 1 aromatic heterocycles. The highest BCUT2D eigenvalue weighted by Gasteiger charge is 2.16. The van der Waals surface area contributed by atoms with Gasteiger partial charge >= 0.3 is 5.97 Å². The summed E-state index contributed by atoms with van der Waals surface area (Å²) in [6, 6.07) is 18.4. The number of aryl methyl sites for hydroxylation is 2. The zero-order chi connectivity index (χ0) is 25.9. The molecule has 10 heteroatoms. The fraction of sp³-hybridized carbons (Fsp3) is 0.154. The van der Waals surface area contributed by atoms with Gasteiger partial charge in [0.05, 0.1) is 17.7 Å². The Kier molecular flexibility index (Phi) is 7.27. The highest BCUT2D eigenvalue weighted by Crippen LogP contribution is 2.29. The Bertz CT molecular complexity index is 1540. The Balaban J connectivity index is 1.36. The van der Waals surface area contributed by atoms with Crippen molar-refractivity contribution >= 4 is 54.7 Å². The van der Waals surface area contributed by atoms with Gasteiger partial charge in [-0.1, -0.05) is 12.1 Å². The molecule has 0 unspecified atom stereocenters. The SMILES string of the molecule is COC(=O)c1cc2cc(NC(=O)COc3ccc(S(=O)(=O)Nc4cc(C)ccc4C)cc3)ccc2s1. The molecule has 186 valence electrons. The molecule has 0 saturated heterocycles. The van der Waals surface area contributed by atoms with E-state index in [2.05, 4.69) is 10.0 Å². The number of rotatable bonds is 8. The number of ether oxygens (including phenoxy) is 2. The molecule has 0 saturated carbocycles. The van der Waals surface area contributed by atoms with Crippen molar-refractivity contribution in [3.05, 3.63) is 82.7 Å². The lowest BCUT2D eigenvalue weighted by Crippen LogP contribution is -2.20. The lowest BCUT2D eigenvalue weighted by atomic mass is 10.1. The minimum Gasteiger partial charge on any atom is -0.484 e. The standard InChI is InChI=1S/C26H24N2O6S2/c1-16-4-5-17(2)22(12-16)28-36(31,32)21-9-7-20(8-10-21)34-15-25(29)27-19-6-11-23-18(13-19)14-24(35-23)26(30)33-3/h4-14,28H,15H2,1-3H3,(H,27,29). The van der Waals surface area contributed by atoms with Crippen molar-refractivity contribution < 1.29 is 27.5 Å². The summed E-state index contributed by atoms with van der Waals surface area (Å²) in [7, 11) is -2.45. The number of fused-ring (bicyclic) bond motifs is 1. The third kappa shape index (κ3) is 5.84. The Morgan fingerprint density at radius 1 is 0.944 bits per heavy atom. The molecule has 0 aliphatic heterocycles. The van der Waals surface area contributed by atoms with E-state index >= 15 is 0 Å². The summed E-state index contributed by atoms with van der Waals surface area (Å²) in [6.07, 6.45) is 0. The maximum atomic E-state index is 12.8. The van der Waals surface area contributed by atoms with Crippen LogP contribution >= 0.6 is 11.3 Å². The highest BCUT2D eigenvalue weighted by molar-refractivity contribution is 7.92. The highest BCUT2D eigenvalue weighted by atomic mass is 32.2. The summed E-state index contributed by atoms with van der Waals surface area (Å²) >= 11 is 1.31. The number of sulfonamides is 1. The van der Waals surface area contributed by atoms with Crippen LogP contribution in [0.4, 0.5) is 11.4 Å². The first-order valence-electron chi connectivity index (χ1n) is 10.9. The van der Waals surface area contributed by atoms with Crippen LogP contribution < -0.4 is 14.8 Å². The van der Waals surface area contributed by atoms with Gasteiger partial charge in [-0.3, -0.25) is 9.52 Å². The number of amides is 1. The van der Waals surface area contributed by atoms with Crippen LogP contribution in [0.5, 0.6) is 5.75 Å². The van der Waals surface area contributed by atoms with Crippen LogP contribution in [0.25, 0.3) is 10.1 Å². The molecular weight excluding hydrogens is 500 g/mol. The first-order chi connectivity index (χ1) is 17.1. The van der Waals surface area contributed by atoms with E-state index in [1.165, 1.54) is 42.7 Å². The van der Waals surface area contributed by atoms with E-state index < -0.39 is 16.0 Å². The van der Waals surface area contributed by atoms with Crippen LogP contribution in [-0.4, -0.2) is 34.0 Å². The number of thiophene rings is 1. The molecule has 0 aliphatic rings. The number of anilines is 2. The number of hydrogen-bond donors (Lipinski definition) is 2. The molecule has 36 heavy (non-hydrogen) atoms. The molecule has 3 aromatic carbocycles. The van der Waals surface area contributed by atoms with Crippen LogP contribution in [0, 0.1) is 13.8 Å². The molecule has 0 atom stereocenters. The molecule has 0 spiro atoms. The van der Waals surface area contributed by atoms with Crippen molar-refractivity contribution in [2.24, 2.45) is 0 Å². The van der Waals surface area contributed by atoms with Gasteiger partial charge in [0, 0.05) is 10.4 Å². The summed E-state index contributed by atoms with van der Waals surface area (Å²) in [4.78, 5) is 24.6. The molecule has 4 aromatic rings. The number of methoxy groups -OCH3 is 1. The Hall–Kier alpha value is -3.89. The number of carbonyl (C=O) groups excluding carboxylic acids is 2. The largest absolute Gasteiger partial charge is 0.484 e. The zero-order valence-corrected chi connectivity index (χ0v) is 21.5. The Morgan fingerprint density at radius 2 is 1.69 bits per heavy atom. The topological polar surface area (TPSA) is 111 Å². The van der Waals surface area contributed by atoms with E-state index in [0.717, 1.165) is 21.2 Å². The minimum atomic E-state index is -3.78. The number of nitrogens with one attached hydrogen (secondary N) is 2. The van der Waals surface area contributed by atoms with Crippen LogP contribution in [0.15, 0.2) is 71.6 Å². The van der Waals surface area contributed by atoms with Gasteiger partial charge in [0.1, 0.15) is 10.6 Å². The van der Waals surface area contributed by atoms with Crippen LogP contribution in [-0.2, 0) is 19.6 Å². The van der Waals surface area contributed by atoms with E-state index in [-0.39, 0.29) is 17.4 Å². The van der Waals surface area contributed by atoms with Crippen LogP contribution in [0.1, 0.15) is 20.8 Å². The second-order valence-electron chi connectivity index (χ2n) is 8.09. The molecule has 1 amide bonds. The van der Waals surface area contributed by atoms with Gasteiger partial charge in [0.25, 0.3) is 15.9 Å². The molecule has 2 N–H and O–H groups in total. The molecule has 1 heterocycles. The Labute approximate surface area is 212 Å². The number of benzene rings is 3. The molecule has 0 fully saturated rings. The van der Waals surface area contributed by atoms with Gasteiger partial charge in [-0.15, -0.1) is 11.3 Å². The van der Waals surface area contributed by atoms with Crippen molar-refractivity contribution in [2.75, 3.05) is 23.8 Å². The van der Waals surface area contributed by atoms with Crippen molar-refractivity contribution in [3.63, 3.8) is 0 Å². The Morgan fingerprint density at radius 3 is 2.42 bits per heavy atom. The van der Waals surface area contributed by atoms with Gasteiger partial charge in [-0.2, -0.15) is 0 Å². The quantitative estimate of drug-likeness (QED) is 0.310. The molecule has 8 nitrogen and oxygen atoms in total. The molecular formula is C26H24N2O6S2. The third-order valence-electron chi connectivity index (χ3n) is 5.33. The number of esters is 1. The summed E-state index contributed by atoms with van der Waals surface area (Å²) in [5, 5.41) is 3.56. The van der Waals surface area contributed by atoms with Crippen LogP contribution in [0.3, 0.4) is 0 Å². The smallest absolute Gasteiger partial charge is 0.348 e. The monoisotopic (exact) mass is 524 g/mol. The predicted octanol–water partition coefficient (Wildman–Crippen LogP) is 5.12. The summed E-state index contributed by atoms with van der Waals surface area (Å²) in [5.41, 5.74) is 2.84. The molecule has 0 bridgehead atoms. The van der Waals surface area contributed by atoms with E-state index in [4.69, 9.17) is 9.47 Å². The van der Waals surface area contributed by atoms with Gasteiger partial charge in [0.15, 0.2) is 6.61 Å². The first kappa shape index (κ1) is 25.2. The second-order valence-corrected chi connectivity index (χ2v) is 10.9. The van der Waals surface area contributed by atoms with E-state index in [1.54, 1.807) is 24.3 Å². The van der Waals surface area contributed by atoms with Crippen LogP contribution in [0.2, 0.25) is 0 Å². The predicted molar refractivity (Wildman–Crippen MR) is 140 cm³/mol. The third-order valence-corrected chi connectivity index (χ3v) is 7.81. The van der Waals surface area contributed by atoms with Crippen molar-refractivity contribution in [2.45, 2.75) is 18.7 Å². The maximum absolute atomic E-state index is 12.8. The first-order valence-corrected chi connectivity index (χ1v) is 13.2.